The van der Waals surface area contributed by atoms with Crippen LogP contribution in [0.2, 0.25) is 0 Å². The molecule has 0 aliphatic rings. The van der Waals surface area contributed by atoms with Crippen molar-refractivity contribution >= 4 is 16.5 Å². The third-order valence-electron chi connectivity index (χ3n) is 5.14. The van der Waals surface area contributed by atoms with Crippen molar-refractivity contribution in [3.63, 3.8) is 0 Å². The van der Waals surface area contributed by atoms with E-state index in [1.165, 1.54) is 5.56 Å². The monoisotopic (exact) mass is 379 g/mol. The average Bonchev–Trinajstić information content (AvgIpc) is 3.36. The van der Waals surface area contributed by atoms with Gasteiger partial charge >= 0.3 is 0 Å². The molecule has 2 aromatic heterocycles. The number of nitrogens with zero attached hydrogens (tertiary/aromatic N) is 1. The van der Waals surface area contributed by atoms with Crippen molar-refractivity contribution in [1.82, 2.24) is 15.0 Å². The number of nitrogens with one attached hydrogen (secondary N) is 2. The Balaban J connectivity index is 1.95. The summed E-state index contributed by atoms with van der Waals surface area (Å²) in [7, 11) is 0. The quantitative estimate of drug-likeness (QED) is 0.358. The fourth-order valence-corrected chi connectivity index (χ4v) is 3.58. The molecule has 4 rings (SSSR count). The topological polar surface area (TPSA) is 44.5 Å². The first-order valence-electron chi connectivity index (χ1n) is 9.81. The van der Waals surface area contributed by atoms with E-state index in [-0.39, 0.29) is 0 Å². The predicted octanol–water partition coefficient (Wildman–Crippen LogP) is 7.07. The van der Waals surface area contributed by atoms with Gasteiger partial charge < -0.3 is 9.97 Å². The van der Waals surface area contributed by atoms with Crippen LogP contribution >= 0.6 is 0 Å². The van der Waals surface area contributed by atoms with E-state index in [0.717, 1.165) is 50.4 Å². The van der Waals surface area contributed by atoms with Gasteiger partial charge in [-0.2, -0.15) is 0 Å². The number of hydrogen-bond donors (Lipinski definition) is 2. The number of aryl methyl sites for hydroxylation is 1. The molecule has 0 fully saturated rings. The number of imidazole rings is 1. The Morgan fingerprint density at radius 1 is 1.10 bits per heavy atom. The highest BCUT2D eigenvalue weighted by molar-refractivity contribution is 5.95. The Morgan fingerprint density at radius 2 is 1.93 bits per heavy atom. The lowest BCUT2D eigenvalue weighted by Crippen LogP contribution is -1.88. The molecule has 3 nitrogen and oxygen atoms in total. The molecule has 0 unspecified atom stereocenters. The number of aromatic nitrogens is 3. The van der Waals surface area contributed by atoms with Crippen molar-refractivity contribution < 1.29 is 0 Å². The maximum atomic E-state index is 5.04. The summed E-state index contributed by atoms with van der Waals surface area (Å²) >= 11 is 0. The highest BCUT2D eigenvalue weighted by Crippen LogP contribution is 2.34. The second-order valence-corrected chi connectivity index (χ2v) is 7.26. The minimum absolute atomic E-state index is 0.859. The van der Waals surface area contributed by atoms with Crippen molar-refractivity contribution in [2.45, 2.75) is 20.8 Å². The highest BCUT2D eigenvalue weighted by Gasteiger charge is 2.17. The number of hydrogen-bond acceptors (Lipinski definition) is 1. The second kappa shape index (κ2) is 7.80. The van der Waals surface area contributed by atoms with E-state index in [2.05, 4.69) is 91.9 Å². The summed E-state index contributed by atoms with van der Waals surface area (Å²) in [5.41, 5.74) is 8.66. The van der Waals surface area contributed by atoms with Gasteiger partial charge in [0, 0.05) is 28.2 Å². The molecular formula is C26H25N3. The SMILES string of the molecule is C=C/C(C)=C\C(=C/C)c1[nH]c(-c2c[nH]c3ccccc23)nc1-c1cccc(C)c1. The van der Waals surface area contributed by atoms with E-state index in [1.54, 1.807) is 0 Å². The Hall–Kier alpha value is -3.59. The van der Waals surface area contributed by atoms with Crippen molar-refractivity contribution in [2.24, 2.45) is 0 Å². The summed E-state index contributed by atoms with van der Waals surface area (Å²) in [5, 5.41) is 1.16. The van der Waals surface area contributed by atoms with Crippen LogP contribution in [0.1, 0.15) is 25.1 Å². The Labute approximate surface area is 171 Å². The zero-order valence-electron chi connectivity index (χ0n) is 17.1. The molecule has 0 radical (unpaired) electrons. The zero-order valence-corrected chi connectivity index (χ0v) is 17.1. The van der Waals surface area contributed by atoms with Crippen LogP contribution in [0.3, 0.4) is 0 Å². The largest absolute Gasteiger partial charge is 0.360 e. The van der Waals surface area contributed by atoms with Gasteiger partial charge in [0.15, 0.2) is 0 Å². The van der Waals surface area contributed by atoms with Crippen LogP contribution in [0.15, 0.2) is 85.1 Å². The number of para-hydroxylation sites is 1. The van der Waals surface area contributed by atoms with E-state index < -0.39 is 0 Å². The van der Waals surface area contributed by atoms with Gasteiger partial charge in [-0.3, -0.25) is 0 Å². The minimum atomic E-state index is 0.859. The molecule has 0 bridgehead atoms. The number of allylic oxidation sites excluding steroid dienone is 5. The van der Waals surface area contributed by atoms with Gasteiger partial charge in [-0.15, -0.1) is 0 Å². The van der Waals surface area contributed by atoms with Crippen LogP contribution in [0.25, 0.3) is 39.1 Å². The van der Waals surface area contributed by atoms with Gasteiger partial charge in [0.1, 0.15) is 5.82 Å². The predicted molar refractivity (Wildman–Crippen MR) is 124 cm³/mol. The summed E-state index contributed by atoms with van der Waals surface area (Å²) in [5.74, 6) is 0.859. The number of aromatic amines is 2. The number of rotatable bonds is 5. The first-order valence-corrected chi connectivity index (χ1v) is 9.81. The van der Waals surface area contributed by atoms with Crippen molar-refractivity contribution in [2.75, 3.05) is 0 Å². The Morgan fingerprint density at radius 3 is 2.69 bits per heavy atom. The summed E-state index contributed by atoms with van der Waals surface area (Å²) in [4.78, 5) is 12.0. The molecule has 2 heterocycles. The standard InChI is InChI=1S/C26H25N3/c1-5-17(3)14-19(6-2)24-25(20-11-9-10-18(4)15-20)29-26(28-24)22-16-27-23-13-8-7-12-21(22)23/h5-16,27H,1H2,2-4H3,(H,28,29)/b17-14-,19-6+. The molecule has 2 aromatic carbocycles. The molecule has 4 aromatic rings. The molecule has 0 saturated carbocycles. The molecule has 0 aliphatic carbocycles. The molecule has 0 aliphatic heterocycles. The summed E-state index contributed by atoms with van der Waals surface area (Å²) in [6.07, 6.45) is 8.14. The molecule has 0 amide bonds. The third-order valence-corrected chi connectivity index (χ3v) is 5.14. The summed E-state index contributed by atoms with van der Waals surface area (Å²) in [6, 6.07) is 16.8. The highest BCUT2D eigenvalue weighted by atomic mass is 14.9. The number of H-pyrrole nitrogens is 2. The van der Waals surface area contributed by atoms with Crippen LogP contribution in [-0.4, -0.2) is 15.0 Å². The maximum absolute atomic E-state index is 5.04. The fourth-order valence-electron chi connectivity index (χ4n) is 3.58. The molecule has 29 heavy (non-hydrogen) atoms. The molecule has 0 spiro atoms. The van der Waals surface area contributed by atoms with Gasteiger partial charge in [-0.1, -0.05) is 72.3 Å². The lowest BCUT2D eigenvalue weighted by atomic mass is 10.0. The van der Waals surface area contributed by atoms with Crippen LogP contribution in [0.4, 0.5) is 0 Å². The van der Waals surface area contributed by atoms with Crippen LogP contribution in [0, 0.1) is 6.92 Å². The van der Waals surface area contributed by atoms with E-state index in [4.69, 9.17) is 4.98 Å². The van der Waals surface area contributed by atoms with E-state index in [0.29, 0.717) is 0 Å². The zero-order chi connectivity index (χ0) is 20.4. The van der Waals surface area contributed by atoms with Gasteiger partial charge in [-0.05, 0) is 38.5 Å². The molecule has 144 valence electrons. The summed E-state index contributed by atoms with van der Waals surface area (Å²) < 4.78 is 0. The average molecular weight is 380 g/mol. The molecule has 3 heteroatoms. The third kappa shape index (κ3) is 3.59. The van der Waals surface area contributed by atoms with Crippen molar-refractivity contribution in [1.29, 1.82) is 0 Å². The second-order valence-electron chi connectivity index (χ2n) is 7.26. The van der Waals surface area contributed by atoms with Crippen LogP contribution in [0.5, 0.6) is 0 Å². The van der Waals surface area contributed by atoms with Crippen molar-refractivity contribution in [3.05, 3.63) is 96.4 Å². The van der Waals surface area contributed by atoms with Gasteiger partial charge in [0.05, 0.1) is 11.4 Å². The lowest BCUT2D eigenvalue weighted by Gasteiger charge is -2.05. The van der Waals surface area contributed by atoms with Crippen molar-refractivity contribution in [3.8, 4) is 22.6 Å². The normalized spacial score (nSPS) is 12.5. The number of fused-ring (bicyclic) bond motifs is 1. The van der Waals surface area contributed by atoms with E-state index in [1.807, 2.05) is 18.3 Å². The maximum Gasteiger partial charge on any atom is 0.140 e. The van der Waals surface area contributed by atoms with Gasteiger partial charge in [-0.25, -0.2) is 4.98 Å². The smallest absolute Gasteiger partial charge is 0.140 e. The van der Waals surface area contributed by atoms with Gasteiger partial charge in [0.25, 0.3) is 0 Å². The first-order chi connectivity index (χ1) is 14.1. The fraction of sp³-hybridized carbons (Fsp3) is 0.115. The minimum Gasteiger partial charge on any atom is -0.360 e. The first kappa shape index (κ1) is 18.8. The molecule has 0 saturated heterocycles. The van der Waals surface area contributed by atoms with Gasteiger partial charge in [0.2, 0.25) is 0 Å². The van der Waals surface area contributed by atoms with E-state index in [9.17, 15) is 0 Å². The molecule has 2 N–H and O–H groups in total. The Kier molecular flexibility index (Phi) is 5.05. The number of benzene rings is 2. The van der Waals surface area contributed by atoms with Crippen LogP contribution < -0.4 is 0 Å². The lowest BCUT2D eigenvalue weighted by molar-refractivity contribution is 1.30. The van der Waals surface area contributed by atoms with E-state index >= 15 is 0 Å². The molecular weight excluding hydrogens is 354 g/mol. The molecule has 0 atom stereocenters. The van der Waals surface area contributed by atoms with Crippen LogP contribution in [-0.2, 0) is 0 Å². The Bertz CT molecular complexity index is 1250. The summed E-state index contributed by atoms with van der Waals surface area (Å²) in [6.45, 7) is 10.1.